The highest BCUT2D eigenvalue weighted by Gasteiger charge is 2.22. The summed E-state index contributed by atoms with van der Waals surface area (Å²) in [4.78, 5) is 46.4. The van der Waals surface area contributed by atoms with Gasteiger partial charge in [-0.05, 0) is 75.6 Å². The molecule has 19 nitrogen and oxygen atoms in total. The summed E-state index contributed by atoms with van der Waals surface area (Å²) in [6.07, 6.45) is 24.4. The van der Waals surface area contributed by atoms with Gasteiger partial charge in [0.25, 0.3) is 0 Å². The molecule has 0 amide bonds. The summed E-state index contributed by atoms with van der Waals surface area (Å²) in [5.41, 5.74) is 4.44. The molecule has 8 aromatic heterocycles. The second-order valence-corrected chi connectivity index (χ2v) is 14.6. The molecule has 2 fully saturated rings. The molecule has 2 atom stereocenters. The molecule has 2 saturated heterocycles. The number of hydrogen-bond acceptors (Lipinski definition) is 16. The maximum Gasteiger partial charge on any atom is 0.493 e. The van der Waals surface area contributed by atoms with Crippen LogP contribution in [0.2, 0.25) is 10.3 Å². The molecule has 0 saturated carbocycles. The number of hydrogen-bond donors (Lipinski definition) is 3. The first-order chi connectivity index (χ1) is 31.3. The fourth-order valence-electron chi connectivity index (χ4n) is 6.56. The summed E-state index contributed by atoms with van der Waals surface area (Å²) in [6.45, 7) is 2.44. The molecule has 3 aliphatic rings. The van der Waals surface area contributed by atoms with Crippen LogP contribution in [0.1, 0.15) is 63.8 Å². The minimum absolute atomic E-state index is 0.0321. The van der Waals surface area contributed by atoms with Crippen molar-refractivity contribution in [2.24, 2.45) is 0 Å². The van der Waals surface area contributed by atoms with Gasteiger partial charge in [0.1, 0.15) is 53.7 Å². The molecule has 11 heterocycles. The highest BCUT2D eigenvalue weighted by atomic mass is 35.5. The van der Waals surface area contributed by atoms with Crippen molar-refractivity contribution in [2.75, 3.05) is 19.8 Å². The van der Waals surface area contributed by atoms with Crippen molar-refractivity contribution < 1.29 is 33.0 Å². The lowest BCUT2D eigenvalue weighted by atomic mass is 9.81. The standard InChI is InChI=1S/C15H14FN5O.C10H11ClN4O.C5H5BFNO2.C5H3ClN4.C5H8O/c16-14-10(4-3-6-17-14)12-13-15(19-8-18-12)21(9-20-13)11-5-1-2-7-22-11;11-9-8-10(13-5-12-9)15(6-14-8)7-3-1-2-4-16-7;7-5-4(6(9)10)2-1-3-8-5;6-4-3-5(9-1-7-3)10-2-8-4;1-2-4-6-5-3-1/h3-4,6,8-9,11H,1-2,5,7H2;5-7H,1-4H2;1-3,9-10H;1-2H,(H,7,8,9,10);2,4H,1,3,5H2. The van der Waals surface area contributed by atoms with Gasteiger partial charge in [0.2, 0.25) is 11.9 Å². The first-order valence-electron chi connectivity index (χ1n) is 20.2. The summed E-state index contributed by atoms with van der Waals surface area (Å²) in [7, 11) is -1.78. The van der Waals surface area contributed by atoms with E-state index in [2.05, 4.69) is 59.8 Å². The number of imidazole rings is 3. The van der Waals surface area contributed by atoms with E-state index in [1.807, 2.05) is 15.2 Å². The molecule has 64 heavy (non-hydrogen) atoms. The van der Waals surface area contributed by atoms with Crippen LogP contribution >= 0.6 is 23.2 Å². The van der Waals surface area contributed by atoms with Crippen LogP contribution < -0.4 is 5.46 Å². The van der Waals surface area contributed by atoms with Gasteiger partial charge in [0.05, 0.1) is 37.4 Å². The Bertz CT molecular complexity index is 2740. The zero-order valence-electron chi connectivity index (χ0n) is 34.0. The van der Waals surface area contributed by atoms with E-state index in [1.54, 1.807) is 31.0 Å². The third-order valence-corrected chi connectivity index (χ3v) is 10.3. The van der Waals surface area contributed by atoms with Gasteiger partial charge in [-0.25, -0.2) is 54.8 Å². The Morgan fingerprint density at radius 3 is 1.88 bits per heavy atom. The van der Waals surface area contributed by atoms with Crippen LogP contribution in [0, 0.1) is 11.9 Å². The highest BCUT2D eigenvalue weighted by molar-refractivity contribution is 6.58. The van der Waals surface area contributed by atoms with Crippen molar-refractivity contribution in [2.45, 2.75) is 63.8 Å². The fourth-order valence-corrected chi connectivity index (χ4v) is 6.92. The first kappa shape index (κ1) is 45.8. The molecule has 3 N–H and O–H groups in total. The summed E-state index contributed by atoms with van der Waals surface area (Å²) in [5, 5.41) is 17.8. The summed E-state index contributed by atoms with van der Waals surface area (Å²) in [6, 6.07) is 6.00. The van der Waals surface area contributed by atoms with E-state index in [4.69, 9.17) is 47.5 Å². The Kier molecular flexibility index (Phi) is 16.5. The van der Waals surface area contributed by atoms with Gasteiger partial charge in [-0.1, -0.05) is 29.3 Å². The van der Waals surface area contributed by atoms with Crippen LogP contribution in [0.3, 0.4) is 0 Å². The van der Waals surface area contributed by atoms with Gasteiger partial charge >= 0.3 is 7.12 Å². The molecule has 0 bridgehead atoms. The number of aromatic nitrogens is 14. The second-order valence-electron chi connectivity index (χ2n) is 13.9. The molecule has 2 unspecified atom stereocenters. The molecule has 24 heteroatoms. The quantitative estimate of drug-likeness (QED) is 0.102. The van der Waals surface area contributed by atoms with E-state index < -0.39 is 19.0 Å². The largest absolute Gasteiger partial charge is 0.502 e. The lowest BCUT2D eigenvalue weighted by molar-refractivity contribution is -0.0299. The molecule has 8 aromatic rings. The zero-order chi connectivity index (χ0) is 44.7. The Hall–Kier alpha value is -6.17. The maximum atomic E-state index is 13.9. The van der Waals surface area contributed by atoms with Gasteiger partial charge in [0.15, 0.2) is 27.2 Å². The number of pyridine rings is 2. The lowest BCUT2D eigenvalue weighted by Gasteiger charge is -2.23. The van der Waals surface area contributed by atoms with Gasteiger partial charge < -0.3 is 29.2 Å². The Morgan fingerprint density at radius 1 is 0.672 bits per heavy atom. The Labute approximate surface area is 374 Å². The average molecular weight is 918 g/mol. The first-order valence-corrected chi connectivity index (χ1v) is 20.9. The predicted molar refractivity (Wildman–Crippen MR) is 232 cm³/mol. The van der Waals surface area contributed by atoms with Gasteiger partial charge in [0, 0.05) is 31.1 Å². The number of allylic oxidation sites excluding steroid dienone is 1. The van der Waals surface area contributed by atoms with E-state index in [1.165, 1.54) is 69.1 Å². The molecular weight excluding hydrogens is 876 g/mol. The number of nitrogens with one attached hydrogen (secondary N) is 1. The average Bonchev–Trinajstić information content (AvgIpc) is 4.12. The molecule has 332 valence electrons. The smallest absolute Gasteiger partial charge is 0.493 e. The Morgan fingerprint density at radius 2 is 1.31 bits per heavy atom. The summed E-state index contributed by atoms with van der Waals surface area (Å²) >= 11 is 11.6. The van der Waals surface area contributed by atoms with Crippen molar-refractivity contribution in [1.29, 1.82) is 0 Å². The molecule has 3 aliphatic heterocycles. The van der Waals surface area contributed by atoms with E-state index in [9.17, 15) is 8.78 Å². The maximum absolute atomic E-state index is 13.9. The Balaban J connectivity index is 0.000000128. The van der Waals surface area contributed by atoms with E-state index in [-0.39, 0.29) is 17.9 Å². The van der Waals surface area contributed by atoms with Crippen LogP contribution in [0.15, 0.2) is 87.0 Å². The number of H-pyrrole nitrogens is 1. The number of halogens is 4. The number of rotatable bonds is 4. The molecular formula is C40H41BCl2F2N14O5. The van der Waals surface area contributed by atoms with Gasteiger partial charge in [-0.15, -0.1) is 0 Å². The molecule has 0 aliphatic carbocycles. The number of fused-ring (bicyclic) bond motifs is 3. The number of nitrogens with zero attached hydrogens (tertiary/aromatic N) is 13. The third kappa shape index (κ3) is 11.7. The van der Waals surface area contributed by atoms with E-state index in [0.29, 0.717) is 49.4 Å². The van der Waals surface area contributed by atoms with Crippen LogP contribution in [-0.2, 0) is 14.2 Å². The molecule has 0 radical (unpaired) electrons. The van der Waals surface area contributed by atoms with Crippen molar-refractivity contribution in [3.05, 3.63) is 109 Å². The third-order valence-electron chi connectivity index (χ3n) is 9.69. The van der Waals surface area contributed by atoms with Crippen molar-refractivity contribution in [1.82, 2.24) is 68.9 Å². The molecule has 11 rings (SSSR count). The normalized spacial score (nSPS) is 16.8. The van der Waals surface area contributed by atoms with Crippen molar-refractivity contribution >= 4 is 69.3 Å². The van der Waals surface area contributed by atoms with Gasteiger partial charge in [-0.2, -0.15) is 8.78 Å². The topological polar surface area (TPSA) is 236 Å². The monoisotopic (exact) mass is 916 g/mol. The molecule has 0 aromatic carbocycles. The number of ether oxygens (including phenoxy) is 3. The van der Waals surface area contributed by atoms with E-state index >= 15 is 0 Å². The van der Waals surface area contributed by atoms with Crippen molar-refractivity contribution in [3.8, 4) is 11.3 Å². The SMILES string of the molecule is C1=COCCC1.Clc1ncnc2c1ncn2C1CCCCO1.Clc1ncnc2nc[nH]c12.Fc1ncccc1-c1ncnc2c1ncn2C1CCCCO1.OB(O)c1cccnc1F. The van der Waals surface area contributed by atoms with Gasteiger partial charge in [-0.3, -0.25) is 9.13 Å². The van der Waals surface area contributed by atoms with Crippen LogP contribution in [0.4, 0.5) is 8.78 Å². The molecule has 0 spiro atoms. The summed E-state index contributed by atoms with van der Waals surface area (Å²) < 4.78 is 46.5. The zero-order valence-corrected chi connectivity index (χ0v) is 35.5. The van der Waals surface area contributed by atoms with Crippen LogP contribution in [0.25, 0.3) is 44.7 Å². The predicted octanol–water partition coefficient (Wildman–Crippen LogP) is 6.12. The minimum Gasteiger partial charge on any atom is -0.502 e. The van der Waals surface area contributed by atoms with E-state index in [0.717, 1.165) is 57.6 Å². The minimum atomic E-state index is -1.78. The fraction of sp³-hybridized carbons (Fsp3) is 0.325. The highest BCUT2D eigenvalue weighted by Crippen LogP contribution is 2.30. The van der Waals surface area contributed by atoms with Crippen molar-refractivity contribution in [3.63, 3.8) is 0 Å². The van der Waals surface area contributed by atoms with Crippen LogP contribution in [0.5, 0.6) is 0 Å². The lowest BCUT2D eigenvalue weighted by Crippen LogP contribution is -2.33. The number of aromatic amines is 1. The second kappa shape index (κ2) is 23.0. The summed E-state index contributed by atoms with van der Waals surface area (Å²) in [5.74, 6) is -1.41. The van der Waals surface area contributed by atoms with Crippen LogP contribution in [-0.4, -0.2) is 106 Å².